The molecule has 2 heterocycles. The molecule has 94 valence electrons. The number of fused-ring (bicyclic) bond motifs is 1. The van der Waals surface area contributed by atoms with Crippen molar-refractivity contribution in [1.29, 1.82) is 0 Å². The van der Waals surface area contributed by atoms with E-state index in [-0.39, 0.29) is 5.82 Å². The highest BCUT2D eigenvalue weighted by Gasteiger charge is 2.11. The van der Waals surface area contributed by atoms with Crippen LogP contribution in [0.4, 0.5) is 4.39 Å². The molecular formula is C13H14FN3O. The Labute approximate surface area is 104 Å². The number of ether oxygens (including phenoxy) is 1. The lowest BCUT2D eigenvalue weighted by atomic mass is 10.3. The van der Waals surface area contributed by atoms with Crippen LogP contribution in [0.2, 0.25) is 0 Å². The Balaban J connectivity index is 1.66. The largest absolute Gasteiger partial charge is 0.487 e. The zero-order valence-electron chi connectivity index (χ0n) is 9.90. The van der Waals surface area contributed by atoms with Gasteiger partial charge >= 0.3 is 0 Å². The second-order valence-electron chi connectivity index (χ2n) is 4.27. The maximum Gasteiger partial charge on any atom is 0.132 e. The Bertz CT molecular complexity index is 512. The number of aromatic nitrogens is 2. The lowest BCUT2D eigenvalue weighted by molar-refractivity contribution is 0.298. The van der Waals surface area contributed by atoms with Crippen molar-refractivity contribution in [3.8, 4) is 5.75 Å². The molecule has 1 aliphatic heterocycles. The Kier molecular flexibility index (Phi) is 2.98. The molecule has 2 aromatic rings. The van der Waals surface area contributed by atoms with Gasteiger partial charge in [0.2, 0.25) is 0 Å². The highest BCUT2D eigenvalue weighted by molar-refractivity contribution is 5.22. The minimum Gasteiger partial charge on any atom is -0.487 e. The molecule has 0 bridgehead atoms. The molecule has 3 rings (SSSR count). The molecule has 0 aliphatic carbocycles. The summed E-state index contributed by atoms with van der Waals surface area (Å²) in [7, 11) is 0. The number of halogens is 1. The third kappa shape index (κ3) is 2.36. The normalized spacial score (nSPS) is 14.3. The molecule has 0 unspecified atom stereocenters. The fourth-order valence-electron chi connectivity index (χ4n) is 2.01. The van der Waals surface area contributed by atoms with Gasteiger partial charge in [0.1, 0.15) is 23.9 Å². The van der Waals surface area contributed by atoms with Gasteiger partial charge in [0.05, 0.1) is 12.2 Å². The van der Waals surface area contributed by atoms with Gasteiger partial charge < -0.3 is 10.1 Å². The van der Waals surface area contributed by atoms with Crippen LogP contribution in [0.15, 0.2) is 30.3 Å². The second-order valence-corrected chi connectivity index (χ2v) is 4.27. The minimum atomic E-state index is -0.258. The summed E-state index contributed by atoms with van der Waals surface area (Å²) in [6.45, 7) is 3.11. The molecule has 1 aromatic carbocycles. The van der Waals surface area contributed by atoms with E-state index in [4.69, 9.17) is 4.74 Å². The van der Waals surface area contributed by atoms with Gasteiger partial charge in [0.25, 0.3) is 0 Å². The molecular weight excluding hydrogens is 233 g/mol. The number of hydrogen-bond donors (Lipinski definition) is 1. The standard InChI is InChI=1S/C13H14FN3O/c14-10-1-3-13(4-2-10)18-9-11-7-12-8-15-5-6-17(12)16-11/h1-4,7,15H,5-6,8-9H2. The number of benzene rings is 1. The first-order chi connectivity index (χ1) is 8.81. The molecule has 0 saturated carbocycles. The fraction of sp³-hybridized carbons (Fsp3) is 0.308. The second kappa shape index (κ2) is 4.78. The summed E-state index contributed by atoms with van der Waals surface area (Å²) in [5, 5.41) is 7.75. The third-order valence-corrected chi connectivity index (χ3v) is 2.92. The van der Waals surface area contributed by atoms with E-state index in [0.717, 1.165) is 25.3 Å². The number of hydrogen-bond acceptors (Lipinski definition) is 3. The van der Waals surface area contributed by atoms with Crippen LogP contribution < -0.4 is 10.1 Å². The maximum absolute atomic E-state index is 12.7. The smallest absolute Gasteiger partial charge is 0.132 e. The van der Waals surface area contributed by atoms with Crippen molar-refractivity contribution in [2.45, 2.75) is 19.7 Å². The van der Waals surface area contributed by atoms with Crippen LogP contribution in [0, 0.1) is 5.82 Å². The van der Waals surface area contributed by atoms with E-state index in [1.807, 2.05) is 10.7 Å². The third-order valence-electron chi connectivity index (χ3n) is 2.92. The number of nitrogens with zero attached hydrogens (tertiary/aromatic N) is 2. The maximum atomic E-state index is 12.7. The van der Waals surface area contributed by atoms with Crippen LogP contribution >= 0.6 is 0 Å². The summed E-state index contributed by atoms with van der Waals surface area (Å²) < 4.78 is 20.3. The van der Waals surface area contributed by atoms with Gasteiger partial charge in [-0.1, -0.05) is 0 Å². The van der Waals surface area contributed by atoms with Gasteiger partial charge in [0.15, 0.2) is 0 Å². The lowest BCUT2D eigenvalue weighted by Gasteiger charge is -2.13. The molecule has 4 nitrogen and oxygen atoms in total. The van der Waals surface area contributed by atoms with E-state index in [2.05, 4.69) is 10.4 Å². The van der Waals surface area contributed by atoms with E-state index in [1.54, 1.807) is 12.1 Å². The average molecular weight is 247 g/mol. The first-order valence-corrected chi connectivity index (χ1v) is 5.96. The van der Waals surface area contributed by atoms with Crippen LogP contribution in [-0.2, 0) is 19.7 Å². The van der Waals surface area contributed by atoms with Crippen molar-refractivity contribution < 1.29 is 9.13 Å². The van der Waals surface area contributed by atoms with E-state index in [1.165, 1.54) is 17.8 Å². The van der Waals surface area contributed by atoms with E-state index in [9.17, 15) is 4.39 Å². The average Bonchev–Trinajstić information content (AvgIpc) is 2.81. The summed E-state index contributed by atoms with van der Waals surface area (Å²) in [5.74, 6) is 0.395. The first kappa shape index (κ1) is 11.2. The molecule has 1 N–H and O–H groups in total. The molecule has 1 aliphatic rings. The molecule has 0 saturated heterocycles. The SMILES string of the molecule is Fc1ccc(OCc2cc3n(n2)CCNC3)cc1. The molecule has 0 spiro atoms. The summed E-state index contributed by atoms with van der Waals surface area (Å²) >= 11 is 0. The monoisotopic (exact) mass is 247 g/mol. The van der Waals surface area contributed by atoms with Crippen LogP contribution in [-0.4, -0.2) is 16.3 Å². The zero-order valence-corrected chi connectivity index (χ0v) is 9.90. The van der Waals surface area contributed by atoms with Crippen LogP contribution in [0.25, 0.3) is 0 Å². The summed E-state index contributed by atoms with van der Waals surface area (Å²) in [5.41, 5.74) is 2.08. The Morgan fingerprint density at radius 3 is 2.94 bits per heavy atom. The Morgan fingerprint density at radius 2 is 2.17 bits per heavy atom. The minimum absolute atomic E-state index is 0.258. The summed E-state index contributed by atoms with van der Waals surface area (Å²) in [6, 6.07) is 8.05. The molecule has 5 heteroatoms. The highest BCUT2D eigenvalue weighted by Crippen LogP contribution is 2.14. The van der Waals surface area contributed by atoms with Gasteiger partial charge in [0, 0.05) is 13.1 Å². The van der Waals surface area contributed by atoms with Gasteiger partial charge in [-0.3, -0.25) is 4.68 Å². The first-order valence-electron chi connectivity index (χ1n) is 5.96. The van der Waals surface area contributed by atoms with Crippen molar-refractivity contribution in [2.75, 3.05) is 6.54 Å². The Hall–Kier alpha value is -1.88. The number of nitrogens with one attached hydrogen (secondary N) is 1. The predicted octanol–water partition coefficient (Wildman–Crippen LogP) is 1.70. The number of rotatable bonds is 3. The van der Waals surface area contributed by atoms with Gasteiger partial charge in [-0.25, -0.2) is 4.39 Å². The van der Waals surface area contributed by atoms with Crippen molar-refractivity contribution in [3.63, 3.8) is 0 Å². The van der Waals surface area contributed by atoms with E-state index < -0.39 is 0 Å². The van der Waals surface area contributed by atoms with Gasteiger partial charge in [-0.05, 0) is 30.3 Å². The van der Waals surface area contributed by atoms with Gasteiger partial charge in [-0.15, -0.1) is 0 Å². The topological polar surface area (TPSA) is 39.1 Å². The Morgan fingerprint density at radius 1 is 1.33 bits per heavy atom. The summed E-state index contributed by atoms with van der Waals surface area (Å²) in [6.07, 6.45) is 0. The van der Waals surface area contributed by atoms with Crippen LogP contribution in [0.5, 0.6) is 5.75 Å². The molecule has 0 atom stereocenters. The fourth-order valence-corrected chi connectivity index (χ4v) is 2.01. The van der Waals surface area contributed by atoms with Crippen LogP contribution in [0.1, 0.15) is 11.4 Å². The molecule has 0 amide bonds. The van der Waals surface area contributed by atoms with Gasteiger partial charge in [-0.2, -0.15) is 5.10 Å². The van der Waals surface area contributed by atoms with Crippen molar-refractivity contribution in [2.24, 2.45) is 0 Å². The van der Waals surface area contributed by atoms with E-state index in [0.29, 0.717) is 12.4 Å². The van der Waals surface area contributed by atoms with E-state index >= 15 is 0 Å². The quantitative estimate of drug-likeness (QED) is 0.897. The van der Waals surface area contributed by atoms with Crippen molar-refractivity contribution in [1.82, 2.24) is 15.1 Å². The highest BCUT2D eigenvalue weighted by atomic mass is 19.1. The van der Waals surface area contributed by atoms with Crippen LogP contribution in [0.3, 0.4) is 0 Å². The summed E-state index contributed by atoms with van der Waals surface area (Å²) in [4.78, 5) is 0. The lowest BCUT2D eigenvalue weighted by Crippen LogP contribution is -2.28. The molecule has 0 fully saturated rings. The molecule has 0 radical (unpaired) electrons. The predicted molar refractivity (Wildman–Crippen MR) is 64.7 cm³/mol. The molecule has 18 heavy (non-hydrogen) atoms. The van der Waals surface area contributed by atoms with Crippen molar-refractivity contribution in [3.05, 3.63) is 47.5 Å². The zero-order chi connectivity index (χ0) is 12.4. The molecule has 1 aromatic heterocycles. The van der Waals surface area contributed by atoms with Crippen molar-refractivity contribution >= 4 is 0 Å².